The first-order chi connectivity index (χ1) is 12.1. The molecule has 0 radical (unpaired) electrons. The first kappa shape index (κ1) is 15.9. The van der Waals surface area contributed by atoms with E-state index in [4.69, 9.17) is 0 Å². The monoisotopic (exact) mass is 342 g/mol. The van der Waals surface area contributed by atoms with Crippen LogP contribution in [-0.2, 0) is 24.8 Å². The van der Waals surface area contributed by atoms with E-state index in [-0.39, 0.29) is 17.7 Å². The number of aromatic nitrogens is 4. The Hall–Kier alpha value is -2.64. The van der Waals surface area contributed by atoms with E-state index in [1.165, 1.54) is 12.8 Å². The second-order valence-electron chi connectivity index (χ2n) is 6.97. The fraction of sp³-hybridized carbons (Fsp3) is 0.529. The summed E-state index contributed by atoms with van der Waals surface area (Å²) in [7, 11) is 1.79. The maximum absolute atomic E-state index is 12.5. The van der Waals surface area contributed by atoms with Gasteiger partial charge in [-0.15, -0.1) is 0 Å². The van der Waals surface area contributed by atoms with Crippen molar-refractivity contribution in [3.8, 4) is 0 Å². The average Bonchev–Trinajstić information content (AvgIpc) is 3.20. The number of nitrogens with one attached hydrogen (secondary N) is 2. The van der Waals surface area contributed by atoms with Crippen molar-refractivity contribution >= 4 is 17.5 Å². The van der Waals surface area contributed by atoms with Crippen molar-refractivity contribution in [2.75, 3.05) is 11.9 Å². The van der Waals surface area contributed by atoms with E-state index in [0.29, 0.717) is 30.3 Å². The summed E-state index contributed by atoms with van der Waals surface area (Å²) >= 11 is 0. The third-order valence-electron chi connectivity index (χ3n) is 4.90. The highest BCUT2D eigenvalue weighted by Crippen LogP contribution is 2.28. The molecule has 2 aromatic heterocycles. The van der Waals surface area contributed by atoms with Gasteiger partial charge in [-0.1, -0.05) is 0 Å². The van der Waals surface area contributed by atoms with Crippen molar-refractivity contribution in [3.05, 3.63) is 30.1 Å². The number of hydrogen-bond donors (Lipinski definition) is 2. The van der Waals surface area contributed by atoms with Crippen LogP contribution in [0.4, 0.5) is 5.69 Å². The van der Waals surface area contributed by atoms with Crippen molar-refractivity contribution < 1.29 is 9.59 Å². The molecule has 1 saturated carbocycles. The van der Waals surface area contributed by atoms with Gasteiger partial charge in [-0.05, 0) is 31.6 Å². The van der Waals surface area contributed by atoms with E-state index in [9.17, 15) is 9.59 Å². The van der Waals surface area contributed by atoms with Gasteiger partial charge in [0.25, 0.3) is 5.91 Å². The van der Waals surface area contributed by atoms with Crippen molar-refractivity contribution in [2.45, 2.75) is 32.2 Å². The Labute approximate surface area is 145 Å². The zero-order chi connectivity index (χ0) is 17.4. The molecule has 1 aliphatic heterocycles. The highest BCUT2D eigenvalue weighted by atomic mass is 16.2. The molecule has 1 unspecified atom stereocenters. The minimum Gasteiger partial charge on any atom is -0.356 e. The quantitative estimate of drug-likeness (QED) is 0.846. The maximum atomic E-state index is 12.5. The van der Waals surface area contributed by atoms with Gasteiger partial charge in [-0.3, -0.25) is 14.3 Å². The Morgan fingerprint density at radius 2 is 2.16 bits per heavy atom. The normalized spacial score (nSPS) is 19.3. The SMILES string of the molecule is Cn1cc(NC(=O)c2ncn3c2CCC(C(=O)NCC2CC2)C3)cn1. The Morgan fingerprint density at radius 1 is 1.32 bits per heavy atom. The standard InChI is InChI=1S/C17H22N6O2/c1-22-9-13(7-20-22)21-17(25)15-14-5-4-12(8-23(14)10-19-15)16(24)18-6-11-2-3-11/h7,9-12H,2-6,8H2,1H3,(H,18,24)(H,21,25). The molecule has 0 spiro atoms. The number of carbonyl (C=O) groups excluding carboxylic acids is 2. The number of hydrogen-bond acceptors (Lipinski definition) is 4. The molecule has 2 aromatic rings. The third kappa shape index (κ3) is 3.42. The molecule has 2 amide bonds. The first-order valence-corrected chi connectivity index (χ1v) is 8.72. The molecule has 8 nitrogen and oxygen atoms in total. The lowest BCUT2D eigenvalue weighted by molar-refractivity contribution is -0.126. The van der Waals surface area contributed by atoms with Crippen LogP contribution in [0.3, 0.4) is 0 Å². The Bertz CT molecular complexity index is 804. The van der Waals surface area contributed by atoms with E-state index in [0.717, 1.165) is 18.7 Å². The fourth-order valence-corrected chi connectivity index (χ4v) is 3.26. The van der Waals surface area contributed by atoms with Crippen LogP contribution in [0.25, 0.3) is 0 Å². The molecule has 1 aliphatic carbocycles. The molecule has 8 heteroatoms. The van der Waals surface area contributed by atoms with Gasteiger partial charge in [0.05, 0.1) is 29.8 Å². The molecule has 1 fully saturated rings. The van der Waals surface area contributed by atoms with Gasteiger partial charge < -0.3 is 15.2 Å². The van der Waals surface area contributed by atoms with Gasteiger partial charge in [-0.25, -0.2) is 4.98 Å². The molecule has 25 heavy (non-hydrogen) atoms. The van der Waals surface area contributed by atoms with E-state index in [1.807, 2.05) is 4.57 Å². The summed E-state index contributed by atoms with van der Waals surface area (Å²) in [6.07, 6.45) is 8.87. The van der Waals surface area contributed by atoms with Crippen LogP contribution in [0.1, 0.15) is 35.4 Å². The molecule has 3 heterocycles. The fourth-order valence-electron chi connectivity index (χ4n) is 3.26. The lowest BCUT2D eigenvalue weighted by Crippen LogP contribution is -2.37. The van der Waals surface area contributed by atoms with Gasteiger partial charge in [0.1, 0.15) is 5.69 Å². The number of aryl methyl sites for hydroxylation is 1. The number of nitrogens with zero attached hydrogens (tertiary/aromatic N) is 4. The van der Waals surface area contributed by atoms with Crippen LogP contribution in [0.5, 0.6) is 0 Å². The van der Waals surface area contributed by atoms with Crippen LogP contribution < -0.4 is 10.6 Å². The smallest absolute Gasteiger partial charge is 0.276 e. The topological polar surface area (TPSA) is 93.8 Å². The second kappa shape index (κ2) is 6.34. The molecule has 1 atom stereocenters. The molecular formula is C17H22N6O2. The van der Waals surface area contributed by atoms with Crippen LogP contribution in [-0.4, -0.2) is 37.7 Å². The lowest BCUT2D eigenvalue weighted by atomic mass is 9.96. The summed E-state index contributed by atoms with van der Waals surface area (Å²) in [4.78, 5) is 29.0. The van der Waals surface area contributed by atoms with E-state index in [2.05, 4.69) is 20.7 Å². The highest BCUT2D eigenvalue weighted by Gasteiger charge is 2.30. The molecule has 132 valence electrons. The maximum Gasteiger partial charge on any atom is 0.276 e. The number of carbonyl (C=O) groups is 2. The summed E-state index contributed by atoms with van der Waals surface area (Å²) in [6.45, 7) is 1.38. The zero-order valence-corrected chi connectivity index (χ0v) is 14.2. The predicted molar refractivity (Wildman–Crippen MR) is 90.9 cm³/mol. The van der Waals surface area contributed by atoms with Crippen molar-refractivity contribution in [3.63, 3.8) is 0 Å². The summed E-state index contributed by atoms with van der Waals surface area (Å²) in [5, 5.41) is 9.89. The molecule has 0 aromatic carbocycles. The Morgan fingerprint density at radius 3 is 2.88 bits per heavy atom. The second-order valence-corrected chi connectivity index (χ2v) is 6.97. The molecule has 2 aliphatic rings. The van der Waals surface area contributed by atoms with Crippen LogP contribution in [0.15, 0.2) is 18.7 Å². The molecular weight excluding hydrogens is 320 g/mol. The van der Waals surface area contributed by atoms with Gasteiger partial charge in [0.15, 0.2) is 0 Å². The van der Waals surface area contributed by atoms with E-state index in [1.54, 1.807) is 30.5 Å². The van der Waals surface area contributed by atoms with Gasteiger partial charge in [0.2, 0.25) is 5.91 Å². The summed E-state index contributed by atoms with van der Waals surface area (Å²) in [5.74, 6) is 0.514. The minimum absolute atomic E-state index is 0.0466. The molecule has 0 saturated heterocycles. The summed E-state index contributed by atoms with van der Waals surface area (Å²) in [6, 6.07) is 0. The molecule has 4 rings (SSSR count). The minimum atomic E-state index is -0.238. The number of amides is 2. The number of anilines is 1. The van der Waals surface area contributed by atoms with Gasteiger partial charge in [0, 0.05) is 26.3 Å². The summed E-state index contributed by atoms with van der Waals surface area (Å²) < 4.78 is 3.56. The van der Waals surface area contributed by atoms with E-state index < -0.39 is 0 Å². The molecule has 2 N–H and O–H groups in total. The highest BCUT2D eigenvalue weighted by molar-refractivity contribution is 6.03. The van der Waals surface area contributed by atoms with Gasteiger partial charge >= 0.3 is 0 Å². The van der Waals surface area contributed by atoms with Gasteiger partial charge in [-0.2, -0.15) is 5.10 Å². The van der Waals surface area contributed by atoms with E-state index >= 15 is 0 Å². The van der Waals surface area contributed by atoms with Crippen LogP contribution >= 0.6 is 0 Å². The van der Waals surface area contributed by atoms with Crippen LogP contribution in [0.2, 0.25) is 0 Å². The third-order valence-corrected chi connectivity index (χ3v) is 4.90. The lowest BCUT2D eigenvalue weighted by Gasteiger charge is -2.24. The zero-order valence-electron chi connectivity index (χ0n) is 14.2. The predicted octanol–water partition coefficient (Wildman–Crippen LogP) is 0.957. The molecule has 0 bridgehead atoms. The van der Waals surface area contributed by atoms with Crippen molar-refractivity contribution in [1.29, 1.82) is 0 Å². The van der Waals surface area contributed by atoms with Crippen molar-refractivity contribution in [1.82, 2.24) is 24.6 Å². The number of imidazole rings is 1. The largest absolute Gasteiger partial charge is 0.356 e. The van der Waals surface area contributed by atoms with Crippen LogP contribution in [0, 0.1) is 11.8 Å². The number of fused-ring (bicyclic) bond motifs is 1. The van der Waals surface area contributed by atoms with Crippen molar-refractivity contribution in [2.24, 2.45) is 18.9 Å². The Balaban J connectivity index is 1.40. The first-order valence-electron chi connectivity index (χ1n) is 8.72. The Kier molecular flexibility index (Phi) is 4.03. The summed E-state index contributed by atoms with van der Waals surface area (Å²) in [5.41, 5.74) is 1.97. The average molecular weight is 342 g/mol. The number of rotatable bonds is 5.